The molecule has 1 aromatic heterocycles. The van der Waals surface area contributed by atoms with E-state index >= 15 is 0 Å². The summed E-state index contributed by atoms with van der Waals surface area (Å²) in [4.78, 5) is 3.57. The summed E-state index contributed by atoms with van der Waals surface area (Å²) >= 11 is 5.90. The highest BCUT2D eigenvalue weighted by Gasteiger charge is 2.39. The van der Waals surface area contributed by atoms with Gasteiger partial charge in [-0.15, -0.1) is 6.42 Å². The second-order valence-corrected chi connectivity index (χ2v) is 9.11. The summed E-state index contributed by atoms with van der Waals surface area (Å²) in [6.45, 7) is -0.215. The summed E-state index contributed by atoms with van der Waals surface area (Å²) in [6, 6.07) is 0.681. The van der Waals surface area contributed by atoms with Crippen molar-refractivity contribution in [2.75, 3.05) is 18.1 Å². The van der Waals surface area contributed by atoms with Gasteiger partial charge in [-0.2, -0.15) is 4.31 Å². The largest absolute Gasteiger partial charge is 0.263 e. The van der Waals surface area contributed by atoms with Gasteiger partial charge in [0.1, 0.15) is 4.90 Å². The van der Waals surface area contributed by atoms with Crippen LogP contribution in [0.2, 0.25) is 5.02 Å². The third kappa shape index (κ3) is 3.37. The van der Waals surface area contributed by atoms with E-state index < -0.39 is 25.9 Å². The van der Waals surface area contributed by atoms with Gasteiger partial charge in [0.15, 0.2) is 9.84 Å². The molecular formula is C12H13ClN2O4S2. The van der Waals surface area contributed by atoms with Crippen LogP contribution in [0.25, 0.3) is 0 Å². The molecule has 6 nitrogen and oxygen atoms in total. The summed E-state index contributed by atoms with van der Waals surface area (Å²) in [5.74, 6) is 1.98. The first-order chi connectivity index (χ1) is 9.78. The van der Waals surface area contributed by atoms with Gasteiger partial charge in [-0.1, -0.05) is 17.5 Å². The van der Waals surface area contributed by atoms with E-state index in [-0.39, 0.29) is 34.4 Å². The molecule has 0 amide bonds. The first kappa shape index (κ1) is 16.2. The van der Waals surface area contributed by atoms with Crippen LogP contribution in [0.15, 0.2) is 23.4 Å². The number of hydrogen-bond acceptors (Lipinski definition) is 5. The van der Waals surface area contributed by atoms with Gasteiger partial charge in [0.05, 0.1) is 23.1 Å². The lowest BCUT2D eigenvalue weighted by Gasteiger charge is -2.25. The zero-order valence-corrected chi connectivity index (χ0v) is 13.3. The Hall–Kier alpha value is -1.14. The molecular weight excluding hydrogens is 336 g/mol. The molecule has 114 valence electrons. The zero-order chi connectivity index (χ0) is 15.7. The number of pyridine rings is 1. The molecule has 0 aromatic carbocycles. The Morgan fingerprint density at radius 1 is 1.52 bits per heavy atom. The van der Waals surface area contributed by atoms with Crippen molar-refractivity contribution in [3.05, 3.63) is 23.5 Å². The smallest absolute Gasteiger partial charge is 0.247 e. The molecule has 21 heavy (non-hydrogen) atoms. The van der Waals surface area contributed by atoms with Gasteiger partial charge in [0.25, 0.3) is 0 Å². The predicted octanol–water partition coefficient (Wildman–Crippen LogP) is 0.546. The van der Waals surface area contributed by atoms with Crippen molar-refractivity contribution < 1.29 is 16.8 Å². The summed E-state index contributed by atoms with van der Waals surface area (Å²) in [6.07, 6.45) is 7.94. The SMILES string of the molecule is C#CCN(C1CCS(=O)(=O)C1)S(=O)(=O)c1cnccc1Cl. The van der Waals surface area contributed by atoms with E-state index in [0.717, 1.165) is 10.5 Å². The highest BCUT2D eigenvalue weighted by molar-refractivity contribution is 7.92. The molecule has 2 heterocycles. The Morgan fingerprint density at radius 3 is 2.76 bits per heavy atom. The summed E-state index contributed by atoms with van der Waals surface area (Å²) < 4.78 is 49.5. The molecule has 1 aromatic rings. The number of sulfone groups is 1. The van der Waals surface area contributed by atoms with Gasteiger partial charge in [-0.05, 0) is 12.5 Å². The van der Waals surface area contributed by atoms with Crippen molar-refractivity contribution in [1.82, 2.24) is 9.29 Å². The average Bonchev–Trinajstić information content (AvgIpc) is 2.76. The van der Waals surface area contributed by atoms with Gasteiger partial charge in [0, 0.05) is 18.4 Å². The lowest BCUT2D eigenvalue weighted by atomic mass is 10.3. The Kier molecular flexibility index (Phi) is 4.58. The summed E-state index contributed by atoms with van der Waals surface area (Å²) in [5, 5.41) is 0.0212. The van der Waals surface area contributed by atoms with Crippen LogP contribution in [0, 0.1) is 12.3 Å². The Balaban J connectivity index is 2.43. The molecule has 1 aliphatic heterocycles. The molecule has 0 saturated carbocycles. The van der Waals surface area contributed by atoms with E-state index in [0.29, 0.717) is 0 Å². The topological polar surface area (TPSA) is 84.4 Å². The van der Waals surface area contributed by atoms with Gasteiger partial charge < -0.3 is 0 Å². The second kappa shape index (κ2) is 5.93. The molecule has 1 atom stereocenters. The first-order valence-electron chi connectivity index (χ1n) is 6.03. The highest BCUT2D eigenvalue weighted by Crippen LogP contribution is 2.28. The lowest BCUT2D eigenvalue weighted by Crippen LogP contribution is -2.41. The molecule has 1 unspecified atom stereocenters. The first-order valence-corrected chi connectivity index (χ1v) is 9.67. The standard InChI is InChI=1S/C12H13ClN2O4S2/c1-2-6-15(10-4-7-20(16,17)9-10)21(18,19)12-8-14-5-3-11(12)13/h1,3,5,8,10H,4,6-7,9H2. The number of nitrogens with zero attached hydrogens (tertiary/aromatic N) is 2. The Bertz CT molecular complexity index is 784. The predicted molar refractivity (Wildman–Crippen MR) is 79.0 cm³/mol. The van der Waals surface area contributed by atoms with E-state index in [1.165, 1.54) is 12.3 Å². The van der Waals surface area contributed by atoms with Gasteiger partial charge >= 0.3 is 0 Å². The molecule has 1 aliphatic rings. The van der Waals surface area contributed by atoms with Crippen LogP contribution >= 0.6 is 11.6 Å². The van der Waals surface area contributed by atoms with E-state index in [9.17, 15) is 16.8 Å². The lowest BCUT2D eigenvalue weighted by molar-refractivity contribution is 0.371. The van der Waals surface area contributed by atoms with Crippen molar-refractivity contribution in [3.63, 3.8) is 0 Å². The summed E-state index contributed by atoms with van der Waals surface area (Å²) in [5.41, 5.74) is 0. The van der Waals surface area contributed by atoms with Crippen LogP contribution < -0.4 is 0 Å². The van der Waals surface area contributed by atoms with Crippen LogP contribution in [0.3, 0.4) is 0 Å². The molecule has 1 saturated heterocycles. The molecule has 0 radical (unpaired) electrons. The number of terminal acetylenes is 1. The third-order valence-corrected chi connectivity index (χ3v) is 7.30. The van der Waals surface area contributed by atoms with Crippen molar-refractivity contribution in [2.24, 2.45) is 0 Å². The van der Waals surface area contributed by atoms with Gasteiger partial charge in [-0.25, -0.2) is 16.8 Å². The van der Waals surface area contributed by atoms with E-state index in [1.807, 2.05) is 0 Å². The molecule has 0 aliphatic carbocycles. The third-order valence-electron chi connectivity index (χ3n) is 3.18. The van der Waals surface area contributed by atoms with E-state index in [1.54, 1.807) is 0 Å². The minimum absolute atomic E-state index is 0.0212. The average molecular weight is 349 g/mol. The molecule has 0 N–H and O–H groups in total. The second-order valence-electron chi connectivity index (χ2n) is 4.62. The molecule has 0 spiro atoms. The minimum Gasteiger partial charge on any atom is -0.263 e. The number of rotatable bonds is 4. The van der Waals surface area contributed by atoms with Crippen molar-refractivity contribution in [3.8, 4) is 12.3 Å². The molecule has 0 bridgehead atoms. The van der Waals surface area contributed by atoms with Crippen molar-refractivity contribution in [2.45, 2.75) is 17.4 Å². The zero-order valence-electron chi connectivity index (χ0n) is 10.9. The van der Waals surface area contributed by atoms with Crippen LogP contribution in [-0.4, -0.2) is 50.2 Å². The van der Waals surface area contributed by atoms with E-state index in [4.69, 9.17) is 18.0 Å². The molecule has 9 heteroatoms. The van der Waals surface area contributed by atoms with Crippen LogP contribution in [0.5, 0.6) is 0 Å². The number of hydrogen-bond donors (Lipinski definition) is 0. The fourth-order valence-electron chi connectivity index (χ4n) is 2.18. The van der Waals surface area contributed by atoms with Crippen molar-refractivity contribution in [1.29, 1.82) is 0 Å². The van der Waals surface area contributed by atoms with Crippen molar-refractivity contribution >= 4 is 31.5 Å². The number of aromatic nitrogens is 1. The maximum atomic E-state index is 12.7. The van der Waals surface area contributed by atoms with Gasteiger partial charge in [-0.3, -0.25) is 4.98 Å². The highest BCUT2D eigenvalue weighted by atomic mass is 35.5. The number of sulfonamides is 1. The Labute approximate surface area is 129 Å². The summed E-state index contributed by atoms with van der Waals surface area (Å²) in [7, 11) is -7.23. The van der Waals surface area contributed by atoms with Gasteiger partial charge in [0.2, 0.25) is 10.0 Å². The van der Waals surface area contributed by atoms with Crippen LogP contribution in [0.1, 0.15) is 6.42 Å². The van der Waals surface area contributed by atoms with Crippen LogP contribution in [-0.2, 0) is 19.9 Å². The monoisotopic (exact) mass is 348 g/mol. The molecule has 1 fully saturated rings. The quantitative estimate of drug-likeness (QED) is 0.742. The van der Waals surface area contributed by atoms with E-state index in [2.05, 4.69) is 10.9 Å². The number of halogens is 1. The maximum Gasteiger partial charge on any atom is 0.247 e. The normalized spacial score (nSPS) is 21.3. The maximum absolute atomic E-state index is 12.7. The Morgan fingerprint density at radius 2 is 2.24 bits per heavy atom. The molecule has 2 rings (SSSR count). The fraction of sp³-hybridized carbons (Fsp3) is 0.417. The van der Waals surface area contributed by atoms with Crippen LogP contribution in [0.4, 0.5) is 0 Å². The fourth-order valence-corrected chi connectivity index (χ4v) is 5.98. The minimum atomic E-state index is -4.00.